The van der Waals surface area contributed by atoms with Gasteiger partial charge in [-0.1, -0.05) is 6.07 Å². The lowest BCUT2D eigenvalue weighted by Gasteiger charge is -2.32. The smallest absolute Gasteiger partial charge is 0.399 e. The summed E-state index contributed by atoms with van der Waals surface area (Å²) in [4.78, 5) is 13.6. The third-order valence-corrected chi connectivity index (χ3v) is 4.45. The monoisotopic (exact) mass is 343 g/mol. The molecule has 1 heterocycles. The van der Waals surface area contributed by atoms with Crippen LogP contribution in [0.15, 0.2) is 18.2 Å². The van der Waals surface area contributed by atoms with E-state index in [-0.39, 0.29) is 5.91 Å². The normalized spacial score (nSPS) is 17.0. The van der Waals surface area contributed by atoms with Gasteiger partial charge >= 0.3 is 6.18 Å². The van der Waals surface area contributed by atoms with E-state index >= 15 is 0 Å². The van der Waals surface area contributed by atoms with Crippen molar-refractivity contribution < 1.29 is 18.0 Å². The SMILES string of the molecule is Cc1ccc(N)cc1C(=O)NCCC1CCN(CC(F)(F)F)CC1. The van der Waals surface area contributed by atoms with E-state index in [1.54, 1.807) is 18.2 Å². The highest BCUT2D eigenvalue weighted by atomic mass is 19.4. The zero-order chi connectivity index (χ0) is 17.7. The zero-order valence-electron chi connectivity index (χ0n) is 13.8. The van der Waals surface area contributed by atoms with Gasteiger partial charge in [0.15, 0.2) is 0 Å². The molecule has 1 aliphatic heterocycles. The molecule has 2 rings (SSSR count). The Morgan fingerprint density at radius 1 is 1.33 bits per heavy atom. The molecule has 1 amide bonds. The second kappa shape index (κ2) is 7.88. The maximum atomic E-state index is 12.4. The third kappa shape index (κ3) is 5.70. The zero-order valence-corrected chi connectivity index (χ0v) is 13.8. The fourth-order valence-corrected chi connectivity index (χ4v) is 3.06. The molecule has 3 N–H and O–H groups in total. The van der Waals surface area contributed by atoms with Gasteiger partial charge in [0.05, 0.1) is 6.54 Å². The largest absolute Gasteiger partial charge is 0.401 e. The van der Waals surface area contributed by atoms with Gasteiger partial charge in [0.1, 0.15) is 0 Å². The van der Waals surface area contributed by atoms with Crippen LogP contribution < -0.4 is 11.1 Å². The number of nitrogens with zero attached hydrogens (tertiary/aromatic N) is 1. The molecular weight excluding hydrogens is 319 g/mol. The van der Waals surface area contributed by atoms with Crippen LogP contribution in [0.3, 0.4) is 0 Å². The van der Waals surface area contributed by atoms with Gasteiger partial charge in [0.25, 0.3) is 5.91 Å². The number of alkyl halides is 3. The molecule has 0 saturated carbocycles. The highest BCUT2D eigenvalue weighted by Crippen LogP contribution is 2.24. The number of aryl methyl sites for hydroxylation is 1. The Bertz CT molecular complexity index is 567. The summed E-state index contributed by atoms with van der Waals surface area (Å²) in [6.07, 6.45) is -1.87. The summed E-state index contributed by atoms with van der Waals surface area (Å²) in [6, 6.07) is 5.21. The Balaban J connectivity index is 1.72. The van der Waals surface area contributed by atoms with Crippen molar-refractivity contribution in [1.82, 2.24) is 10.2 Å². The minimum atomic E-state index is -4.13. The van der Waals surface area contributed by atoms with Crippen LogP contribution in [0.1, 0.15) is 35.2 Å². The Morgan fingerprint density at radius 3 is 2.62 bits per heavy atom. The van der Waals surface area contributed by atoms with Crippen LogP contribution in [0.25, 0.3) is 0 Å². The molecule has 1 aromatic carbocycles. The molecule has 1 fully saturated rings. The maximum Gasteiger partial charge on any atom is 0.401 e. The summed E-state index contributed by atoms with van der Waals surface area (Å²) in [5.41, 5.74) is 7.68. The molecule has 134 valence electrons. The highest BCUT2D eigenvalue weighted by Gasteiger charge is 2.32. The number of nitrogens with two attached hydrogens (primary N) is 1. The molecular formula is C17H24F3N3O. The average Bonchev–Trinajstić information content (AvgIpc) is 2.50. The van der Waals surface area contributed by atoms with Crippen molar-refractivity contribution in [2.24, 2.45) is 5.92 Å². The number of amides is 1. The average molecular weight is 343 g/mol. The van der Waals surface area contributed by atoms with Gasteiger partial charge in [0.2, 0.25) is 0 Å². The summed E-state index contributed by atoms with van der Waals surface area (Å²) < 4.78 is 37.1. The van der Waals surface area contributed by atoms with Crippen LogP contribution in [-0.2, 0) is 0 Å². The molecule has 24 heavy (non-hydrogen) atoms. The maximum absolute atomic E-state index is 12.4. The lowest BCUT2D eigenvalue weighted by Crippen LogP contribution is -2.40. The Labute approximate surface area is 140 Å². The van der Waals surface area contributed by atoms with Crippen molar-refractivity contribution in [1.29, 1.82) is 0 Å². The van der Waals surface area contributed by atoms with E-state index in [0.29, 0.717) is 36.8 Å². The van der Waals surface area contributed by atoms with Gasteiger partial charge in [0, 0.05) is 17.8 Å². The number of likely N-dealkylation sites (tertiary alicyclic amines) is 1. The predicted octanol–water partition coefficient (Wildman–Crippen LogP) is 2.97. The molecule has 0 aromatic heterocycles. The minimum Gasteiger partial charge on any atom is -0.399 e. The number of nitrogens with one attached hydrogen (secondary N) is 1. The minimum absolute atomic E-state index is 0.158. The van der Waals surface area contributed by atoms with Crippen molar-refractivity contribution in [2.45, 2.75) is 32.4 Å². The van der Waals surface area contributed by atoms with E-state index in [1.165, 1.54) is 4.90 Å². The molecule has 1 aromatic rings. The fraction of sp³-hybridized carbons (Fsp3) is 0.588. The van der Waals surface area contributed by atoms with Crippen LogP contribution in [0.4, 0.5) is 18.9 Å². The van der Waals surface area contributed by atoms with Crippen LogP contribution in [-0.4, -0.2) is 43.2 Å². The summed E-state index contributed by atoms with van der Waals surface area (Å²) in [5.74, 6) is 0.200. The Hall–Kier alpha value is -1.76. The number of rotatable bonds is 5. The fourth-order valence-electron chi connectivity index (χ4n) is 3.06. The van der Waals surface area contributed by atoms with Gasteiger partial charge in [-0.15, -0.1) is 0 Å². The summed E-state index contributed by atoms with van der Waals surface area (Å²) in [5, 5.41) is 2.88. The number of nitrogen functional groups attached to an aromatic ring is 1. The lowest BCUT2D eigenvalue weighted by molar-refractivity contribution is -0.148. The first-order valence-electron chi connectivity index (χ1n) is 8.18. The number of hydrogen-bond donors (Lipinski definition) is 2. The molecule has 0 unspecified atom stereocenters. The first kappa shape index (κ1) is 18.6. The molecule has 0 bridgehead atoms. The molecule has 4 nitrogen and oxygen atoms in total. The first-order valence-corrected chi connectivity index (χ1v) is 8.18. The standard InChI is InChI=1S/C17H24F3N3O/c1-12-2-3-14(21)10-15(12)16(24)22-7-4-13-5-8-23(9-6-13)11-17(18,19)20/h2-3,10,13H,4-9,11,21H2,1H3,(H,22,24). The molecule has 1 aliphatic rings. The van der Waals surface area contributed by atoms with Gasteiger partial charge in [-0.05, 0) is 62.9 Å². The van der Waals surface area contributed by atoms with Crippen LogP contribution in [0.2, 0.25) is 0 Å². The highest BCUT2D eigenvalue weighted by molar-refractivity contribution is 5.96. The lowest BCUT2D eigenvalue weighted by atomic mass is 9.93. The summed E-state index contributed by atoms with van der Waals surface area (Å²) >= 11 is 0. The van der Waals surface area contributed by atoms with Crippen LogP contribution in [0.5, 0.6) is 0 Å². The van der Waals surface area contributed by atoms with E-state index in [4.69, 9.17) is 5.73 Å². The van der Waals surface area contributed by atoms with E-state index in [2.05, 4.69) is 5.32 Å². The predicted molar refractivity (Wildman–Crippen MR) is 87.8 cm³/mol. The van der Waals surface area contributed by atoms with Gasteiger partial charge in [-0.2, -0.15) is 13.2 Å². The molecule has 0 aliphatic carbocycles. The first-order chi connectivity index (χ1) is 11.2. The van der Waals surface area contributed by atoms with Crippen molar-refractivity contribution in [3.63, 3.8) is 0 Å². The molecule has 1 saturated heterocycles. The quantitative estimate of drug-likeness (QED) is 0.808. The number of anilines is 1. The van der Waals surface area contributed by atoms with E-state index in [0.717, 1.165) is 24.8 Å². The Kier molecular flexibility index (Phi) is 6.10. The van der Waals surface area contributed by atoms with Crippen LogP contribution in [0, 0.1) is 12.8 Å². The van der Waals surface area contributed by atoms with Crippen LogP contribution >= 0.6 is 0 Å². The number of hydrogen-bond acceptors (Lipinski definition) is 3. The molecule has 0 atom stereocenters. The second-order valence-electron chi connectivity index (χ2n) is 6.45. The van der Waals surface area contributed by atoms with Crippen molar-refractivity contribution in [2.75, 3.05) is 31.9 Å². The van der Waals surface area contributed by atoms with E-state index in [9.17, 15) is 18.0 Å². The molecule has 0 radical (unpaired) electrons. The number of piperidine rings is 1. The third-order valence-electron chi connectivity index (χ3n) is 4.45. The van der Waals surface area contributed by atoms with E-state index in [1.807, 2.05) is 6.92 Å². The van der Waals surface area contributed by atoms with Crippen molar-refractivity contribution in [3.8, 4) is 0 Å². The van der Waals surface area contributed by atoms with Crippen molar-refractivity contribution in [3.05, 3.63) is 29.3 Å². The number of carbonyl (C=O) groups is 1. The number of carbonyl (C=O) groups excluding carboxylic acids is 1. The summed E-state index contributed by atoms with van der Waals surface area (Å²) in [6.45, 7) is 2.48. The summed E-state index contributed by atoms with van der Waals surface area (Å²) in [7, 11) is 0. The number of benzene rings is 1. The molecule has 7 heteroatoms. The Morgan fingerprint density at radius 2 is 2.00 bits per heavy atom. The van der Waals surface area contributed by atoms with Gasteiger partial charge in [-0.25, -0.2) is 0 Å². The molecule has 0 spiro atoms. The van der Waals surface area contributed by atoms with Crippen molar-refractivity contribution >= 4 is 11.6 Å². The topological polar surface area (TPSA) is 58.4 Å². The van der Waals surface area contributed by atoms with Gasteiger partial charge in [-0.3, -0.25) is 9.69 Å². The van der Waals surface area contributed by atoms with Gasteiger partial charge < -0.3 is 11.1 Å². The number of halogens is 3. The van der Waals surface area contributed by atoms with E-state index < -0.39 is 12.7 Å². The second-order valence-corrected chi connectivity index (χ2v) is 6.45.